The topological polar surface area (TPSA) is 56.5 Å². The van der Waals surface area contributed by atoms with Crippen LogP contribution in [0.2, 0.25) is 0 Å². The van der Waals surface area contributed by atoms with Crippen LogP contribution < -0.4 is 0 Å². The average molecular weight is 315 g/mol. The summed E-state index contributed by atoms with van der Waals surface area (Å²) in [5.74, 6) is -0.102. The zero-order valence-electron chi connectivity index (χ0n) is 12.7. The van der Waals surface area contributed by atoms with E-state index in [0.717, 1.165) is 16.8 Å². The van der Waals surface area contributed by atoms with Gasteiger partial charge < -0.3 is 9.30 Å². The Morgan fingerprint density at radius 2 is 1.79 bits per heavy atom. The first kappa shape index (κ1) is 14.1. The van der Waals surface area contributed by atoms with Gasteiger partial charge in [-0.05, 0) is 35.9 Å². The van der Waals surface area contributed by atoms with Crippen LogP contribution >= 0.6 is 0 Å². The van der Waals surface area contributed by atoms with Crippen molar-refractivity contribution < 1.29 is 9.53 Å². The number of hydrogen-bond donors (Lipinski definition) is 0. The van der Waals surface area contributed by atoms with E-state index in [4.69, 9.17) is 4.74 Å². The number of carbonyl (C=O) groups is 1. The maximum atomic E-state index is 12.0. The highest BCUT2D eigenvalue weighted by Crippen LogP contribution is 2.19. The summed E-state index contributed by atoms with van der Waals surface area (Å²) in [5.41, 5.74) is 2.95. The van der Waals surface area contributed by atoms with Crippen molar-refractivity contribution in [2.75, 3.05) is 0 Å². The fourth-order valence-corrected chi connectivity index (χ4v) is 2.43. The van der Waals surface area contributed by atoms with E-state index in [1.807, 2.05) is 65.4 Å². The summed E-state index contributed by atoms with van der Waals surface area (Å²) in [7, 11) is 0. The SMILES string of the molecule is O=C1OC(c2ccccc2)=NC1=Cc1ccc(-n2ccnc2)cc1. The molecule has 3 aromatic rings. The lowest BCUT2D eigenvalue weighted by molar-refractivity contribution is -0.129. The summed E-state index contributed by atoms with van der Waals surface area (Å²) in [6.45, 7) is 0. The molecule has 0 N–H and O–H groups in total. The van der Waals surface area contributed by atoms with Gasteiger partial charge in [0.05, 0.1) is 6.33 Å². The Bertz CT molecular complexity index is 925. The lowest BCUT2D eigenvalue weighted by Gasteiger charge is -2.02. The molecule has 0 unspecified atom stereocenters. The Balaban J connectivity index is 1.61. The summed E-state index contributed by atoms with van der Waals surface area (Å²) in [6.07, 6.45) is 7.05. The second-order valence-electron chi connectivity index (χ2n) is 5.26. The van der Waals surface area contributed by atoms with Crippen molar-refractivity contribution in [3.8, 4) is 5.69 Å². The Kier molecular flexibility index (Phi) is 3.51. The minimum atomic E-state index is -0.437. The number of imidazole rings is 1. The second-order valence-corrected chi connectivity index (χ2v) is 5.26. The largest absolute Gasteiger partial charge is 0.402 e. The van der Waals surface area contributed by atoms with E-state index in [0.29, 0.717) is 11.6 Å². The fraction of sp³-hybridized carbons (Fsp3) is 0. The molecule has 5 nitrogen and oxygen atoms in total. The molecular formula is C19H13N3O2. The zero-order chi connectivity index (χ0) is 16.4. The molecule has 0 fully saturated rings. The van der Waals surface area contributed by atoms with Crippen LogP contribution in [0.15, 0.2) is 84.0 Å². The third-order valence-corrected chi connectivity index (χ3v) is 3.64. The molecule has 0 radical (unpaired) electrons. The normalized spacial score (nSPS) is 15.4. The molecule has 0 saturated heterocycles. The van der Waals surface area contributed by atoms with Crippen LogP contribution in [0.5, 0.6) is 0 Å². The predicted octanol–water partition coefficient (Wildman–Crippen LogP) is 3.22. The van der Waals surface area contributed by atoms with Crippen LogP contribution in [-0.4, -0.2) is 21.4 Å². The monoisotopic (exact) mass is 315 g/mol. The lowest BCUT2D eigenvalue weighted by atomic mass is 10.1. The second kappa shape index (κ2) is 5.96. The van der Waals surface area contributed by atoms with E-state index in [-0.39, 0.29) is 0 Å². The van der Waals surface area contributed by atoms with Crippen LogP contribution in [0.1, 0.15) is 11.1 Å². The molecule has 24 heavy (non-hydrogen) atoms. The number of cyclic esters (lactones) is 1. The highest BCUT2D eigenvalue weighted by molar-refractivity contribution is 6.12. The van der Waals surface area contributed by atoms with Crippen molar-refractivity contribution in [3.05, 3.63) is 90.1 Å². The van der Waals surface area contributed by atoms with E-state index < -0.39 is 5.97 Å². The minimum absolute atomic E-state index is 0.296. The van der Waals surface area contributed by atoms with Gasteiger partial charge in [0.1, 0.15) is 0 Å². The number of rotatable bonds is 3. The molecule has 1 aromatic heterocycles. The molecule has 2 heterocycles. The number of hydrogen-bond acceptors (Lipinski definition) is 4. The Labute approximate surface area is 138 Å². The molecule has 0 aliphatic carbocycles. The van der Waals surface area contributed by atoms with Crippen LogP contribution in [-0.2, 0) is 9.53 Å². The maximum absolute atomic E-state index is 12.0. The van der Waals surface area contributed by atoms with E-state index in [9.17, 15) is 4.79 Å². The average Bonchev–Trinajstić information content (AvgIpc) is 3.27. The van der Waals surface area contributed by atoms with Crippen molar-refractivity contribution in [2.24, 2.45) is 4.99 Å². The molecule has 1 aliphatic rings. The van der Waals surface area contributed by atoms with Gasteiger partial charge in [-0.15, -0.1) is 0 Å². The zero-order valence-corrected chi connectivity index (χ0v) is 12.7. The van der Waals surface area contributed by atoms with Crippen molar-refractivity contribution in [1.82, 2.24) is 9.55 Å². The lowest BCUT2D eigenvalue weighted by Crippen LogP contribution is -2.04. The van der Waals surface area contributed by atoms with Gasteiger partial charge in [-0.25, -0.2) is 14.8 Å². The van der Waals surface area contributed by atoms with Gasteiger partial charge in [-0.3, -0.25) is 0 Å². The van der Waals surface area contributed by atoms with Gasteiger partial charge in [0, 0.05) is 23.6 Å². The van der Waals surface area contributed by atoms with Crippen molar-refractivity contribution in [1.29, 1.82) is 0 Å². The van der Waals surface area contributed by atoms with Gasteiger partial charge in [0.25, 0.3) is 0 Å². The fourth-order valence-electron chi connectivity index (χ4n) is 2.43. The number of aliphatic imine (C=N–C) groups is 1. The molecule has 116 valence electrons. The first-order valence-electron chi connectivity index (χ1n) is 7.46. The highest BCUT2D eigenvalue weighted by Gasteiger charge is 2.23. The maximum Gasteiger partial charge on any atom is 0.363 e. The number of nitrogens with zero attached hydrogens (tertiary/aromatic N) is 3. The van der Waals surface area contributed by atoms with Crippen molar-refractivity contribution in [3.63, 3.8) is 0 Å². The summed E-state index contributed by atoms with van der Waals surface area (Å²) in [4.78, 5) is 20.3. The first-order valence-corrected chi connectivity index (χ1v) is 7.46. The van der Waals surface area contributed by atoms with Crippen LogP contribution in [0.3, 0.4) is 0 Å². The van der Waals surface area contributed by atoms with Gasteiger partial charge >= 0.3 is 5.97 Å². The van der Waals surface area contributed by atoms with Crippen molar-refractivity contribution in [2.45, 2.75) is 0 Å². The number of aromatic nitrogens is 2. The summed E-state index contributed by atoms with van der Waals surface area (Å²) >= 11 is 0. The number of carbonyl (C=O) groups excluding carboxylic acids is 1. The number of ether oxygens (including phenoxy) is 1. The van der Waals surface area contributed by atoms with Crippen LogP contribution in [0.4, 0.5) is 0 Å². The van der Waals surface area contributed by atoms with Gasteiger partial charge in [0.15, 0.2) is 5.70 Å². The molecular weight excluding hydrogens is 302 g/mol. The van der Waals surface area contributed by atoms with E-state index >= 15 is 0 Å². The molecule has 2 aromatic carbocycles. The van der Waals surface area contributed by atoms with Gasteiger partial charge in [-0.1, -0.05) is 30.3 Å². The minimum Gasteiger partial charge on any atom is -0.402 e. The molecule has 4 rings (SSSR count). The van der Waals surface area contributed by atoms with Gasteiger partial charge in [0.2, 0.25) is 5.90 Å². The summed E-state index contributed by atoms with van der Waals surface area (Å²) in [5, 5.41) is 0. The van der Waals surface area contributed by atoms with Crippen molar-refractivity contribution >= 4 is 17.9 Å². The van der Waals surface area contributed by atoms with E-state index in [1.54, 1.807) is 18.6 Å². The predicted molar refractivity (Wildman–Crippen MR) is 90.6 cm³/mol. The molecule has 0 amide bonds. The summed E-state index contributed by atoms with van der Waals surface area (Å²) < 4.78 is 7.15. The van der Waals surface area contributed by atoms with E-state index in [2.05, 4.69) is 9.98 Å². The number of benzene rings is 2. The molecule has 0 spiro atoms. The highest BCUT2D eigenvalue weighted by atomic mass is 16.6. The molecule has 0 atom stereocenters. The first-order chi connectivity index (χ1) is 11.8. The molecule has 0 bridgehead atoms. The van der Waals surface area contributed by atoms with Crippen LogP contribution in [0, 0.1) is 0 Å². The summed E-state index contributed by atoms with van der Waals surface area (Å²) in [6, 6.07) is 17.1. The van der Waals surface area contributed by atoms with E-state index in [1.165, 1.54) is 0 Å². The molecule has 0 saturated carbocycles. The molecule has 1 aliphatic heterocycles. The van der Waals surface area contributed by atoms with Gasteiger partial charge in [-0.2, -0.15) is 0 Å². The van der Waals surface area contributed by atoms with Crippen LogP contribution in [0.25, 0.3) is 11.8 Å². The Hall–Kier alpha value is -3.47. The third-order valence-electron chi connectivity index (χ3n) is 3.64. The smallest absolute Gasteiger partial charge is 0.363 e. The Morgan fingerprint density at radius 3 is 2.50 bits per heavy atom. The third kappa shape index (κ3) is 2.75. The Morgan fingerprint density at radius 1 is 1.00 bits per heavy atom. The standard InChI is InChI=1S/C19H13N3O2/c23-19-17(21-18(24-19)15-4-2-1-3-5-15)12-14-6-8-16(9-7-14)22-11-10-20-13-22/h1-13H. The molecule has 5 heteroatoms. The quantitative estimate of drug-likeness (QED) is 0.551. The number of esters is 1.